The van der Waals surface area contributed by atoms with Gasteiger partial charge in [0.15, 0.2) is 12.0 Å². The van der Waals surface area contributed by atoms with Crippen LogP contribution in [-0.4, -0.2) is 20.4 Å². The highest BCUT2D eigenvalue weighted by Gasteiger charge is 2.20. The number of halogens is 2. The predicted octanol–water partition coefficient (Wildman–Crippen LogP) is 4.13. The molecular weight excluding hydrogens is 273 g/mol. The molecule has 1 heterocycles. The Balaban J connectivity index is 2.58. The SMILES string of the molecule is CN(C)c1oc(-c2ccc(Cl)cc2)c(Cl)c1C=O. The third kappa shape index (κ3) is 2.24. The Labute approximate surface area is 115 Å². The first kappa shape index (κ1) is 13.0. The summed E-state index contributed by atoms with van der Waals surface area (Å²) >= 11 is 12.0. The number of aldehydes is 1. The fraction of sp³-hybridized carbons (Fsp3) is 0.154. The Hall–Kier alpha value is -1.45. The molecule has 0 saturated carbocycles. The van der Waals surface area contributed by atoms with Gasteiger partial charge < -0.3 is 9.32 Å². The summed E-state index contributed by atoms with van der Waals surface area (Å²) in [5, 5.41) is 0.945. The molecule has 0 N–H and O–H groups in total. The van der Waals surface area contributed by atoms with Gasteiger partial charge in [0.05, 0.1) is 10.6 Å². The molecule has 2 rings (SSSR count). The predicted molar refractivity (Wildman–Crippen MR) is 73.9 cm³/mol. The van der Waals surface area contributed by atoms with Crippen molar-refractivity contribution in [2.24, 2.45) is 0 Å². The molecule has 94 valence electrons. The quantitative estimate of drug-likeness (QED) is 0.794. The van der Waals surface area contributed by atoms with Crippen LogP contribution in [0.3, 0.4) is 0 Å². The summed E-state index contributed by atoms with van der Waals surface area (Å²) in [6.07, 6.45) is 0.695. The van der Waals surface area contributed by atoms with E-state index in [1.54, 1.807) is 43.3 Å². The van der Waals surface area contributed by atoms with Gasteiger partial charge in [0.2, 0.25) is 5.88 Å². The highest BCUT2D eigenvalue weighted by atomic mass is 35.5. The molecule has 0 bridgehead atoms. The van der Waals surface area contributed by atoms with Crippen LogP contribution in [0.15, 0.2) is 28.7 Å². The summed E-state index contributed by atoms with van der Waals surface area (Å²) in [4.78, 5) is 12.8. The molecule has 0 aliphatic rings. The van der Waals surface area contributed by atoms with Crippen molar-refractivity contribution in [1.29, 1.82) is 0 Å². The van der Waals surface area contributed by atoms with Crippen LogP contribution in [0.2, 0.25) is 10.0 Å². The molecule has 1 aromatic carbocycles. The Bertz CT molecular complexity index is 573. The van der Waals surface area contributed by atoms with Crippen molar-refractivity contribution in [3.63, 3.8) is 0 Å². The average molecular weight is 284 g/mol. The summed E-state index contributed by atoms with van der Waals surface area (Å²) in [7, 11) is 3.57. The van der Waals surface area contributed by atoms with E-state index in [0.717, 1.165) is 5.56 Å². The standard InChI is InChI=1S/C13H11Cl2NO2/c1-16(2)13-10(7-17)11(15)12(18-13)8-3-5-9(14)6-4-8/h3-7H,1-2H3. The summed E-state index contributed by atoms with van der Waals surface area (Å²) in [6.45, 7) is 0. The number of furan rings is 1. The lowest BCUT2D eigenvalue weighted by Crippen LogP contribution is -2.09. The van der Waals surface area contributed by atoms with Gasteiger partial charge in [0.25, 0.3) is 0 Å². The second-order valence-corrected chi connectivity index (χ2v) is 4.80. The minimum Gasteiger partial charge on any atom is -0.438 e. The molecule has 0 aliphatic carbocycles. The first-order valence-electron chi connectivity index (χ1n) is 5.25. The first-order chi connectivity index (χ1) is 8.54. The molecule has 0 spiro atoms. The minimum atomic E-state index is 0.316. The molecule has 0 unspecified atom stereocenters. The molecule has 0 atom stereocenters. The van der Waals surface area contributed by atoms with E-state index >= 15 is 0 Å². The van der Waals surface area contributed by atoms with E-state index in [1.807, 2.05) is 0 Å². The molecule has 0 saturated heterocycles. The number of hydrogen-bond acceptors (Lipinski definition) is 3. The molecule has 3 nitrogen and oxygen atoms in total. The van der Waals surface area contributed by atoms with E-state index in [1.165, 1.54) is 0 Å². The summed E-state index contributed by atoms with van der Waals surface area (Å²) in [5.74, 6) is 0.916. The van der Waals surface area contributed by atoms with Gasteiger partial charge >= 0.3 is 0 Å². The van der Waals surface area contributed by atoms with Crippen molar-refractivity contribution in [2.45, 2.75) is 0 Å². The molecule has 5 heteroatoms. The number of anilines is 1. The zero-order valence-corrected chi connectivity index (χ0v) is 11.4. The van der Waals surface area contributed by atoms with Crippen LogP contribution in [0.1, 0.15) is 10.4 Å². The van der Waals surface area contributed by atoms with Gasteiger partial charge in [-0.3, -0.25) is 4.79 Å². The molecule has 0 amide bonds. The largest absolute Gasteiger partial charge is 0.438 e. The maximum absolute atomic E-state index is 11.1. The smallest absolute Gasteiger partial charge is 0.207 e. The van der Waals surface area contributed by atoms with Gasteiger partial charge in [-0.05, 0) is 24.3 Å². The molecule has 2 aromatic rings. The van der Waals surface area contributed by atoms with Gasteiger partial charge in [-0.15, -0.1) is 0 Å². The Morgan fingerprint density at radius 2 is 1.78 bits per heavy atom. The third-order valence-electron chi connectivity index (χ3n) is 2.50. The van der Waals surface area contributed by atoms with Crippen molar-refractivity contribution in [3.8, 4) is 11.3 Å². The zero-order chi connectivity index (χ0) is 13.3. The van der Waals surface area contributed by atoms with Crippen LogP contribution in [-0.2, 0) is 0 Å². The number of hydrogen-bond donors (Lipinski definition) is 0. The maximum Gasteiger partial charge on any atom is 0.207 e. The number of nitrogens with zero attached hydrogens (tertiary/aromatic N) is 1. The van der Waals surface area contributed by atoms with Gasteiger partial charge in [-0.25, -0.2) is 0 Å². The lowest BCUT2D eigenvalue weighted by Gasteiger charge is -2.08. The number of carbonyl (C=O) groups is 1. The topological polar surface area (TPSA) is 33.5 Å². The van der Waals surface area contributed by atoms with E-state index in [0.29, 0.717) is 33.5 Å². The molecular formula is C13H11Cl2NO2. The Kier molecular flexibility index (Phi) is 3.64. The van der Waals surface area contributed by atoms with Gasteiger partial charge in [0.1, 0.15) is 0 Å². The van der Waals surface area contributed by atoms with Crippen LogP contribution in [0.5, 0.6) is 0 Å². The van der Waals surface area contributed by atoms with Gasteiger partial charge in [-0.2, -0.15) is 0 Å². The summed E-state index contributed by atoms with van der Waals surface area (Å²) in [5.41, 5.74) is 1.13. The number of carbonyl (C=O) groups excluding carboxylic acids is 1. The van der Waals surface area contributed by atoms with Gasteiger partial charge in [0, 0.05) is 24.7 Å². The second-order valence-electron chi connectivity index (χ2n) is 3.98. The fourth-order valence-electron chi connectivity index (χ4n) is 1.63. The van der Waals surface area contributed by atoms with Crippen LogP contribution < -0.4 is 4.90 Å². The highest BCUT2D eigenvalue weighted by molar-refractivity contribution is 6.36. The van der Waals surface area contributed by atoms with Crippen molar-refractivity contribution in [2.75, 3.05) is 19.0 Å². The number of benzene rings is 1. The van der Waals surface area contributed by atoms with E-state index in [2.05, 4.69) is 0 Å². The summed E-state index contributed by atoms with van der Waals surface area (Å²) in [6, 6.07) is 7.07. The minimum absolute atomic E-state index is 0.316. The first-order valence-corrected chi connectivity index (χ1v) is 6.01. The van der Waals surface area contributed by atoms with Crippen LogP contribution >= 0.6 is 23.2 Å². The Morgan fingerprint density at radius 3 is 2.22 bits per heavy atom. The van der Waals surface area contributed by atoms with E-state index < -0.39 is 0 Å². The Morgan fingerprint density at radius 1 is 1.17 bits per heavy atom. The van der Waals surface area contributed by atoms with E-state index in [-0.39, 0.29) is 0 Å². The fourth-order valence-corrected chi connectivity index (χ4v) is 2.03. The molecule has 0 fully saturated rings. The van der Waals surface area contributed by atoms with E-state index in [9.17, 15) is 4.79 Å². The van der Waals surface area contributed by atoms with Crippen molar-refractivity contribution >= 4 is 35.4 Å². The van der Waals surface area contributed by atoms with Gasteiger partial charge in [-0.1, -0.05) is 23.2 Å². The van der Waals surface area contributed by atoms with Crippen molar-refractivity contribution in [1.82, 2.24) is 0 Å². The summed E-state index contributed by atoms with van der Waals surface area (Å²) < 4.78 is 5.64. The molecule has 0 aliphatic heterocycles. The van der Waals surface area contributed by atoms with Crippen LogP contribution in [0.25, 0.3) is 11.3 Å². The molecule has 0 radical (unpaired) electrons. The lowest BCUT2D eigenvalue weighted by molar-refractivity contribution is 0.112. The monoisotopic (exact) mass is 283 g/mol. The van der Waals surface area contributed by atoms with E-state index in [4.69, 9.17) is 27.6 Å². The van der Waals surface area contributed by atoms with Crippen LogP contribution in [0.4, 0.5) is 5.88 Å². The third-order valence-corrected chi connectivity index (χ3v) is 3.12. The normalized spacial score (nSPS) is 10.4. The molecule has 18 heavy (non-hydrogen) atoms. The average Bonchev–Trinajstić information content (AvgIpc) is 2.67. The molecule has 1 aromatic heterocycles. The number of rotatable bonds is 3. The maximum atomic E-state index is 11.1. The highest BCUT2D eigenvalue weighted by Crippen LogP contribution is 2.38. The van der Waals surface area contributed by atoms with Crippen molar-refractivity contribution in [3.05, 3.63) is 39.9 Å². The van der Waals surface area contributed by atoms with Crippen molar-refractivity contribution < 1.29 is 9.21 Å². The second kappa shape index (κ2) is 5.04. The van der Waals surface area contributed by atoms with Crippen LogP contribution in [0, 0.1) is 0 Å². The zero-order valence-electron chi connectivity index (χ0n) is 9.91. The lowest BCUT2D eigenvalue weighted by atomic mass is 10.1.